The van der Waals surface area contributed by atoms with Crippen LogP contribution in [-0.2, 0) is 0 Å². The van der Waals surface area contributed by atoms with Crippen molar-refractivity contribution in [2.75, 3.05) is 19.5 Å². The Morgan fingerprint density at radius 3 is 2.39 bits per heavy atom. The van der Waals surface area contributed by atoms with E-state index in [1.54, 1.807) is 73.8 Å². The van der Waals surface area contributed by atoms with Crippen LogP contribution in [0.4, 0.5) is 5.69 Å². The number of hydrogen-bond donors (Lipinski definition) is 1. The number of nitrogens with zero attached hydrogens (tertiary/aromatic N) is 2. The highest BCUT2D eigenvalue weighted by atomic mass is 35.5. The Morgan fingerprint density at radius 2 is 1.67 bits per heavy atom. The second-order valence-electron chi connectivity index (χ2n) is 6.90. The van der Waals surface area contributed by atoms with Crippen molar-refractivity contribution in [1.29, 1.82) is 0 Å². The predicted molar refractivity (Wildman–Crippen MR) is 126 cm³/mol. The molecule has 1 heterocycles. The molecule has 8 heteroatoms. The van der Waals surface area contributed by atoms with Crippen LogP contribution in [0.1, 0.15) is 10.4 Å². The lowest BCUT2D eigenvalue weighted by atomic mass is 10.1. The van der Waals surface area contributed by atoms with Crippen LogP contribution in [0.2, 0.25) is 5.02 Å². The average molecular weight is 462 g/mol. The topological polar surface area (TPSA) is 82.6 Å². The first-order valence-electron chi connectivity index (χ1n) is 9.95. The Bertz CT molecular complexity index is 1280. The minimum absolute atomic E-state index is 0.276. The van der Waals surface area contributed by atoms with Gasteiger partial charge in [-0.3, -0.25) is 4.79 Å². The number of carbonyl (C=O) groups is 1. The summed E-state index contributed by atoms with van der Waals surface area (Å²) in [4.78, 5) is 21.3. The third-order valence-electron chi connectivity index (χ3n) is 4.75. The van der Waals surface area contributed by atoms with E-state index >= 15 is 0 Å². The number of anilines is 1. The minimum atomic E-state index is -0.276. The number of carbonyl (C=O) groups excluding carboxylic acids is 1. The van der Waals surface area contributed by atoms with E-state index in [1.165, 1.54) is 13.4 Å². The quantitative estimate of drug-likeness (QED) is 0.371. The Hall–Kier alpha value is -4.10. The summed E-state index contributed by atoms with van der Waals surface area (Å²) in [6, 6.07) is 21.1. The number of nitrogens with one attached hydrogen (secondary N) is 1. The Labute approximate surface area is 195 Å². The molecule has 0 unspecified atom stereocenters. The standard InChI is InChI=1S/C25H20ClN3O4/c1-31-19-7-9-20(10-8-19)33-24-14-22(27-15-28-24)16-4-3-5-17(12-16)25(30)29-18-6-11-23(32-2)21(26)13-18/h3-15H,1-2H3,(H,29,30). The van der Waals surface area contributed by atoms with Crippen LogP contribution in [-0.4, -0.2) is 30.1 Å². The van der Waals surface area contributed by atoms with Crippen molar-refractivity contribution in [2.45, 2.75) is 0 Å². The Kier molecular flexibility index (Phi) is 6.71. The first kappa shape index (κ1) is 22.1. The highest BCUT2D eigenvalue weighted by Crippen LogP contribution is 2.28. The highest BCUT2D eigenvalue weighted by Gasteiger charge is 2.11. The fraction of sp³-hybridized carbons (Fsp3) is 0.0800. The van der Waals surface area contributed by atoms with Crippen LogP contribution >= 0.6 is 11.6 Å². The Balaban J connectivity index is 1.51. The largest absolute Gasteiger partial charge is 0.497 e. The molecule has 0 aliphatic rings. The molecule has 0 aliphatic heterocycles. The number of methoxy groups -OCH3 is 2. The molecule has 1 amide bonds. The third kappa shape index (κ3) is 5.39. The number of rotatable bonds is 7. The van der Waals surface area contributed by atoms with Crippen molar-refractivity contribution in [2.24, 2.45) is 0 Å². The van der Waals surface area contributed by atoms with Crippen LogP contribution in [0.15, 0.2) is 79.1 Å². The molecule has 4 aromatic rings. The van der Waals surface area contributed by atoms with Crippen LogP contribution in [0, 0.1) is 0 Å². The lowest BCUT2D eigenvalue weighted by molar-refractivity contribution is 0.102. The van der Waals surface area contributed by atoms with Crippen molar-refractivity contribution >= 4 is 23.2 Å². The van der Waals surface area contributed by atoms with Crippen LogP contribution in [0.3, 0.4) is 0 Å². The fourth-order valence-corrected chi connectivity index (χ4v) is 3.34. The molecule has 1 aromatic heterocycles. The molecular weight excluding hydrogens is 442 g/mol. The van der Waals surface area contributed by atoms with Crippen molar-refractivity contribution in [1.82, 2.24) is 9.97 Å². The third-order valence-corrected chi connectivity index (χ3v) is 5.05. The second kappa shape index (κ2) is 10.0. The SMILES string of the molecule is COc1ccc(Oc2cc(-c3cccc(C(=O)Nc4ccc(OC)c(Cl)c4)c3)ncn2)cc1. The molecule has 4 rings (SSSR count). The molecular formula is C25H20ClN3O4. The molecule has 0 fully saturated rings. The lowest BCUT2D eigenvalue weighted by Gasteiger charge is -2.10. The van der Waals surface area contributed by atoms with E-state index < -0.39 is 0 Å². The van der Waals surface area contributed by atoms with Gasteiger partial charge in [0.05, 0.1) is 24.9 Å². The van der Waals surface area contributed by atoms with E-state index in [-0.39, 0.29) is 5.91 Å². The van der Waals surface area contributed by atoms with Gasteiger partial charge >= 0.3 is 0 Å². The molecule has 0 spiro atoms. The van der Waals surface area contributed by atoms with Crippen molar-refractivity contribution in [3.05, 3.63) is 89.7 Å². The van der Waals surface area contributed by atoms with E-state index in [4.69, 9.17) is 25.8 Å². The van der Waals surface area contributed by atoms with Gasteiger partial charge in [0.2, 0.25) is 5.88 Å². The second-order valence-corrected chi connectivity index (χ2v) is 7.31. The van der Waals surface area contributed by atoms with Crippen molar-refractivity contribution in [3.8, 4) is 34.4 Å². The molecule has 0 aliphatic carbocycles. The number of halogens is 1. The predicted octanol–water partition coefficient (Wildman–Crippen LogP) is 5.86. The molecule has 33 heavy (non-hydrogen) atoms. The van der Waals surface area contributed by atoms with Gasteiger partial charge in [-0.05, 0) is 54.6 Å². The van der Waals surface area contributed by atoms with Gasteiger partial charge in [0, 0.05) is 22.9 Å². The zero-order chi connectivity index (χ0) is 23.2. The monoisotopic (exact) mass is 461 g/mol. The molecule has 0 bridgehead atoms. The summed E-state index contributed by atoms with van der Waals surface area (Å²) in [6.07, 6.45) is 1.42. The average Bonchev–Trinajstić information content (AvgIpc) is 2.85. The summed E-state index contributed by atoms with van der Waals surface area (Å²) in [5, 5.41) is 3.25. The first-order valence-corrected chi connectivity index (χ1v) is 10.3. The van der Waals surface area contributed by atoms with Gasteiger partial charge in [0.1, 0.15) is 23.6 Å². The van der Waals surface area contributed by atoms with Crippen molar-refractivity contribution in [3.63, 3.8) is 0 Å². The van der Waals surface area contributed by atoms with Gasteiger partial charge in [-0.2, -0.15) is 0 Å². The van der Waals surface area contributed by atoms with Crippen LogP contribution < -0.4 is 19.5 Å². The molecule has 7 nitrogen and oxygen atoms in total. The van der Waals surface area contributed by atoms with Crippen LogP contribution in [0.25, 0.3) is 11.3 Å². The number of ether oxygens (including phenoxy) is 3. The number of aromatic nitrogens is 2. The van der Waals surface area contributed by atoms with Gasteiger partial charge in [-0.1, -0.05) is 23.7 Å². The summed E-state index contributed by atoms with van der Waals surface area (Å²) in [6.45, 7) is 0. The highest BCUT2D eigenvalue weighted by molar-refractivity contribution is 6.32. The minimum Gasteiger partial charge on any atom is -0.497 e. The van der Waals surface area contributed by atoms with E-state index in [9.17, 15) is 4.79 Å². The molecule has 0 saturated carbocycles. The van der Waals surface area contributed by atoms with Crippen LogP contribution in [0.5, 0.6) is 23.1 Å². The summed E-state index contributed by atoms with van der Waals surface area (Å²) in [5.41, 5.74) is 2.40. The molecule has 3 aromatic carbocycles. The summed E-state index contributed by atoms with van der Waals surface area (Å²) in [7, 11) is 3.14. The summed E-state index contributed by atoms with van der Waals surface area (Å²) < 4.78 is 16.1. The smallest absolute Gasteiger partial charge is 0.255 e. The van der Waals surface area contributed by atoms with Gasteiger partial charge < -0.3 is 19.5 Å². The lowest BCUT2D eigenvalue weighted by Crippen LogP contribution is -2.12. The molecule has 166 valence electrons. The number of benzene rings is 3. The van der Waals surface area contributed by atoms with Gasteiger partial charge in [0.25, 0.3) is 5.91 Å². The summed E-state index contributed by atoms with van der Waals surface area (Å²) in [5.74, 6) is 1.99. The van der Waals surface area contributed by atoms with E-state index in [1.807, 2.05) is 6.07 Å². The summed E-state index contributed by atoms with van der Waals surface area (Å²) >= 11 is 6.14. The van der Waals surface area contributed by atoms with Gasteiger partial charge in [0.15, 0.2) is 0 Å². The fourth-order valence-electron chi connectivity index (χ4n) is 3.08. The van der Waals surface area contributed by atoms with Gasteiger partial charge in [-0.15, -0.1) is 0 Å². The maximum atomic E-state index is 12.8. The van der Waals surface area contributed by atoms with E-state index in [0.717, 1.165) is 11.3 Å². The Morgan fingerprint density at radius 1 is 0.879 bits per heavy atom. The maximum absolute atomic E-state index is 12.8. The molecule has 0 radical (unpaired) electrons. The molecule has 0 atom stereocenters. The van der Waals surface area contributed by atoms with E-state index in [0.29, 0.717) is 39.3 Å². The normalized spacial score (nSPS) is 10.4. The zero-order valence-electron chi connectivity index (χ0n) is 17.9. The molecule has 1 N–H and O–H groups in total. The first-order chi connectivity index (χ1) is 16.1. The number of amides is 1. The van der Waals surface area contributed by atoms with E-state index in [2.05, 4.69) is 15.3 Å². The van der Waals surface area contributed by atoms with Crippen molar-refractivity contribution < 1.29 is 19.0 Å². The maximum Gasteiger partial charge on any atom is 0.255 e. The van der Waals surface area contributed by atoms with Gasteiger partial charge in [-0.25, -0.2) is 9.97 Å². The zero-order valence-corrected chi connectivity index (χ0v) is 18.7. The number of hydrogen-bond acceptors (Lipinski definition) is 6. The molecule has 0 saturated heterocycles.